The summed E-state index contributed by atoms with van der Waals surface area (Å²) in [7, 11) is 1.57. The molecular formula is C19H20N4O4S2. The van der Waals surface area contributed by atoms with Gasteiger partial charge in [0.15, 0.2) is 17.6 Å². The van der Waals surface area contributed by atoms with E-state index in [-0.39, 0.29) is 12.4 Å². The number of hydrogen-bond acceptors (Lipinski definition) is 8. The lowest BCUT2D eigenvalue weighted by atomic mass is 10.3. The molecule has 0 saturated heterocycles. The first kappa shape index (κ1) is 20.9. The van der Waals surface area contributed by atoms with Crippen LogP contribution in [0.5, 0.6) is 5.75 Å². The van der Waals surface area contributed by atoms with Gasteiger partial charge < -0.3 is 19.4 Å². The van der Waals surface area contributed by atoms with Crippen LogP contribution in [0.3, 0.4) is 0 Å². The number of carbonyl (C=O) groups is 2. The van der Waals surface area contributed by atoms with Crippen molar-refractivity contribution in [3.63, 3.8) is 0 Å². The van der Waals surface area contributed by atoms with Crippen molar-refractivity contribution in [1.82, 2.24) is 14.8 Å². The van der Waals surface area contributed by atoms with Crippen LogP contribution in [0.15, 0.2) is 46.9 Å². The number of amides is 1. The van der Waals surface area contributed by atoms with Gasteiger partial charge in [-0.05, 0) is 42.6 Å². The highest BCUT2D eigenvalue weighted by molar-refractivity contribution is 7.99. The zero-order valence-electron chi connectivity index (χ0n) is 16.0. The van der Waals surface area contributed by atoms with Gasteiger partial charge in [-0.1, -0.05) is 17.8 Å². The molecule has 10 heteroatoms. The van der Waals surface area contributed by atoms with Crippen LogP contribution in [0.1, 0.15) is 6.92 Å². The number of nitrogens with zero attached hydrogens (tertiary/aromatic N) is 3. The first-order valence-electron chi connectivity index (χ1n) is 8.80. The number of esters is 1. The third-order valence-electron chi connectivity index (χ3n) is 3.83. The van der Waals surface area contributed by atoms with E-state index >= 15 is 0 Å². The molecule has 0 saturated carbocycles. The molecule has 8 nitrogen and oxygen atoms in total. The summed E-state index contributed by atoms with van der Waals surface area (Å²) in [6.07, 6.45) is 0. The number of anilines is 1. The molecule has 0 aliphatic carbocycles. The van der Waals surface area contributed by atoms with E-state index in [1.54, 1.807) is 42.7 Å². The summed E-state index contributed by atoms with van der Waals surface area (Å²) in [6.45, 7) is 2.32. The number of thioether (sulfide) groups is 1. The molecule has 0 atom stereocenters. The third-order valence-corrected chi connectivity index (χ3v) is 5.64. The molecule has 0 aliphatic rings. The monoisotopic (exact) mass is 432 g/mol. The van der Waals surface area contributed by atoms with E-state index in [9.17, 15) is 9.59 Å². The highest BCUT2D eigenvalue weighted by atomic mass is 32.2. The number of benzene rings is 1. The summed E-state index contributed by atoms with van der Waals surface area (Å²) in [5, 5.41) is 13.7. The van der Waals surface area contributed by atoms with E-state index in [0.29, 0.717) is 23.1 Å². The topological polar surface area (TPSA) is 95.3 Å². The molecule has 1 N–H and O–H groups in total. The van der Waals surface area contributed by atoms with Gasteiger partial charge in [-0.15, -0.1) is 21.5 Å². The Bertz CT molecular complexity index is 955. The SMILES string of the molecule is CCn1c(SCC(=O)OCC(=O)Nc2ccc(OC)cc2)nnc1-c1cccs1. The molecule has 2 aromatic heterocycles. The Kier molecular flexibility index (Phi) is 7.25. The Balaban J connectivity index is 1.47. The van der Waals surface area contributed by atoms with Crippen molar-refractivity contribution in [2.45, 2.75) is 18.6 Å². The second kappa shape index (κ2) is 10.1. The van der Waals surface area contributed by atoms with Crippen LogP contribution in [0.4, 0.5) is 5.69 Å². The van der Waals surface area contributed by atoms with Crippen LogP contribution < -0.4 is 10.1 Å². The molecule has 1 aromatic carbocycles. The molecule has 3 aromatic rings. The van der Waals surface area contributed by atoms with Crippen LogP contribution in [-0.4, -0.2) is 46.1 Å². The molecular weight excluding hydrogens is 412 g/mol. The summed E-state index contributed by atoms with van der Waals surface area (Å²) in [4.78, 5) is 24.9. The van der Waals surface area contributed by atoms with Gasteiger partial charge in [0.1, 0.15) is 5.75 Å². The van der Waals surface area contributed by atoms with Gasteiger partial charge in [0, 0.05) is 12.2 Å². The summed E-state index contributed by atoms with van der Waals surface area (Å²) in [5.41, 5.74) is 0.596. The van der Waals surface area contributed by atoms with Crippen LogP contribution in [-0.2, 0) is 20.9 Å². The molecule has 3 rings (SSSR count). The number of methoxy groups -OCH3 is 1. The van der Waals surface area contributed by atoms with Crippen molar-refractivity contribution >= 4 is 40.7 Å². The van der Waals surface area contributed by atoms with Crippen molar-refractivity contribution in [1.29, 1.82) is 0 Å². The van der Waals surface area contributed by atoms with Gasteiger partial charge in [-0.3, -0.25) is 9.59 Å². The van der Waals surface area contributed by atoms with E-state index in [1.807, 2.05) is 29.0 Å². The number of rotatable bonds is 9. The van der Waals surface area contributed by atoms with Crippen molar-refractivity contribution in [2.24, 2.45) is 0 Å². The lowest BCUT2D eigenvalue weighted by molar-refractivity contribution is -0.144. The third kappa shape index (κ3) is 5.58. The van der Waals surface area contributed by atoms with Crippen molar-refractivity contribution in [3.8, 4) is 16.5 Å². The van der Waals surface area contributed by atoms with Gasteiger partial charge >= 0.3 is 5.97 Å². The van der Waals surface area contributed by atoms with Crippen molar-refractivity contribution < 1.29 is 19.1 Å². The molecule has 0 bridgehead atoms. The van der Waals surface area contributed by atoms with Crippen LogP contribution in [0.2, 0.25) is 0 Å². The number of ether oxygens (including phenoxy) is 2. The molecule has 0 fully saturated rings. The van der Waals surface area contributed by atoms with Crippen LogP contribution in [0, 0.1) is 0 Å². The van der Waals surface area contributed by atoms with Crippen molar-refractivity contribution in [3.05, 3.63) is 41.8 Å². The summed E-state index contributed by atoms with van der Waals surface area (Å²) >= 11 is 2.81. The number of hydrogen-bond donors (Lipinski definition) is 1. The molecule has 0 aliphatic heterocycles. The number of carbonyl (C=O) groups excluding carboxylic acids is 2. The lowest BCUT2D eigenvalue weighted by Gasteiger charge is -2.08. The van der Waals surface area contributed by atoms with Gasteiger partial charge in [0.25, 0.3) is 5.91 Å². The molecule has 2 heterocycles. The van der Waals surface area contributed by atoms with E-state index < -0.39 is 11.9 Å². The summed E-state index contributed by atoms with van der Waals surface area (Å²) < 4.78 is 12.0. The first-order valence-corrected chi connectivity index (χ1v) is 10.7. The minimum Gasteiger partial charge on any atom is -0.497 e. The fourth-order valence-electron chi connectivity index (χ4n) is 2.45. The standard InChI is InChI=1S/C19H20N4O4S2/c1-3-23-18(15-5-4-10-28-15)21-22-19(23)29-12-17(25)27-11-16(24)20-13-6-8-14(26-2)9-7-13/h4-10H,3,11-12H2,1-2H3,(H,20,24). The average Bonchev–Trinajstić information content (AvgIpc) is 3.40. The fourth-order valence-corrected chi connectivity index (χ4v) is 3.97. The van der Waals surface area contributed by atoms with E-state index in [0.717, 1.165) is 10.7 Å². The van der Waals surface area contributed by atoms with Crippen molar-refractivity contribution in [2.75, 3.05) is 24.8 Å². The highest BCUT2D eigenvalue weighted by Crippen LogP contribution is 2.27. The largest absolute Gasteiger partial charge is 0.497 e. The maximum absolute atomic E-state index is 12.0. The minimum atomic E-state index is -0.497. The average molecular weight is 433 g/mol. The van der Waals surface area contributed by atoms with E-state index in [1.165, 1.54) is 11.8 Å². The Morgan fingerprint density at radius 1 is 1.21 bits per heavy atom. The van der Waals surface area contributed by atoms with Crippen LogP contribution in [0.25, 0.3) is 10.7 Å². The number of nitrogens with one attached hydrogen (secondary N) is 1. The molecule has 0 spiro atoms. The highest BCUT2D eigenvalue weighted by Gasteiger charge is 2.16. The summed E-state index contributed by atoms with van der Waals surface area (Å²) in [5.74, 6) is 0.595. The quantitative estimate of drug-likeness (QED) is 0.409. The van der Waals surface area contributed by atoms with E-state index in [2.05, 4.69) is 15.5 Å². The molecule has 152 valence electrons. The number of thiophene rings is 1. The maximum Gasteiger partial charge on any atom is 0.316 e. The van der Waals surface area contributed by atoms with E-state index in [4.69, 9.17) is 9.47 Å². The van der Waals surface area contributed by atoms with Gasteiger partial charge in [-0.2, -0.15) is 0 Å². The Morgan fingerprint density at radius 2 is 2.00 bits per heavy atom. The van der Waals surface area contributed by atoms with Gasteiger partial charge in [0.2, 0.25) is 0 Å². The minimum absolute atomic E-state index is 0.0401. The van der Waals surface area contributed by atoms with Crippen LogP contribution >= 0.6 is 23.1 Å². The predicted molar refractivity (Wildman–Crippen MR) is 112 cm³/mol. The molecule has 29 heavy (non-hydrogen) atoms. The Labute approximate surface area is 176 Å². The second-order valence-corrected chi connectivity index (χ2v) is 7.64. The Morgan fingerprint density at radius 3 is 2.66 bits per heavy atom. The second-order valence-electron chi connectivity index (χ2n) is 5.75. The van der Waals surface area contributed by atoms with Gasteiger partial charge in [0.05, 0.1) is 17.7 Å². The Hall–Kier alpha value is -2.85. The lowest BCUT2D eigenvalue weighted by Crippen LogP contribution is -2.21. The predicted octanol–water partition coefficient (Wildman–Crippen LogP) is 3.31. The zero-order valence-corrected chi connectivity index (χ0v) is 17.6. The molecule has 0 unspecified atom stereocenters. The molecule has 1 amide bonds. The number of aromatic nitrogens is 3. The van der Waals surface area contributed by atoms with Gasteiger partial charge in [-0.25, -0.2) is 0 Å². The first-order chi connectivity index (χ1) is 14.1. The zero-order chi connectivity index (χ0) is 20.6. The normalized spacial score (nSPS) is 10.6. The maximum atomic E-state index is 12.0. The fraction of sp³-hybridized carbons (Fsp3) is 0.263. The summed E-state index contributed by atoms with van der Waals surface area (Å²) in [6, 6.07) is 10.8. The smallest absolute Gasteiger partial charge is 0.316 e. The molecule has 0 radical (unpaired) electrons.